The number of rotatable bonds is 4. The molecule has 1 saturated carbocycles. The molecule has 0 heterocycles. The number of hydrogen-bond donors (Lipinski definition) is 2. The van der Waals surface area contributed by atoms with Gasteiger partial charge in [0.15, 0.2) is 5.96 Å². The summed E-state index contributed by atoms with van der Waals surface area (Å²) in [5.41, 5.74) is 0.441. The Morgan fingerprint density at radius 1 is 1.35 bits per heavy atom. The number of hydrogen-bond acceptors (Lipinski definition) is 1. The number of aliphatic imine (C=N–C) groups is 1. The summed E-state index contributed by atoms with van der Waals surface area (Å²) >= 11 is 0. The summed E-state index contributed by atoms with van der Waals surface area (Å²) in [5.74, 6) is 0.645. The van der Waals surface area contributed by atoms with Crippen LogP contribution in [0.5, 0.6) is 0 Å². The minimum absolute atomic E-state index is 0. The van der Waals surface area contributed by atoms with E-state index in [9.17, 15) is 4.39 Å². The third-order valence-electron chi connectivity index (χ3n) is 3.44. The van der Waals surface area contributed by atoms with Gasteiger partial charge in [0.25, 0.3) is 0 Å². The molecule has 1 aromatic carbocycles. The van der Waals surface area contributed by atoms with Crippen molar-refractivity contribution in [1.29, 1.82) is 0 Å². The molecule has 20 heavy (non-hydrogen) atoms. The van der Waals surface area contributed by atoms with Crippen molar-refractivity contribution in [2.24, 2.45) is 4.99 Å². The minimum atomic E-state index is -0.285. The summed E-state index contributed by atoms with van der Waals surface area (Å²) in [6.45, 7) is 4.70. The molecule has 0 spiro atoms. The highest BCUT2D eigenvalue weighted by Gasteiger charge is 2.26. The van der Waals surface area contributed by atoms with E-state index in [1.807, 2.05) is 26.0 Å². The SMILES string of the molecule is CN=C(NCC(C)(C)c1ccccc1F)NC1CC1.I. The van der Waals surface area contributed by atoms with E-state index in [1.165, 1.54) is 18.9 Å². The lowest BCUT2D eigenvalue weighted by Crippen LogP contribution is -2.44. The molecule has 2 N–H and O–H groups in total. The predicted molar refractivity (Wildman–Crippen MR) is 92.4 cm³/mol. The van der Waals surface area contributed by atoms with Gasteiger partial charge in [-0.25, -0.2) is 4.39 Å². The fourth-order valence-corrected chi connectivity index (χ4v) is 2.03. The van der Waals surface area contributed by atoms with Gasteiger partial charge in [-0.1, -0.05) is 32.0 Å². The van der Waals surface area contributed by atoms with Crippen molar-refractivity contribution < 1.29 is 4.39 Å². The van der Waals surface area contributed by atoms with Gasteiger partial charge in [0, 0.05) is 25.0 Å². The van der Waals surface area contributed by atoms with Crippen LogP contribution < -0.4 is 10.6 Å². The monoisotopic (exact) mass is 391 g/mol. The fraction of sp³-hybridized carbons (Fsp3) is 0.533. The van der Waals surface area contributed by atoms with Crippen LogP contribution in [0.25, 0.3) is 0 Å². The molecule has 1 fully saturated rings. The lowest BCUT2D eigenvalue weighted by Gasteiger charge is -2.27. The van der Waals surface area contributed by atoms with Gasteiger partial charge in [0.05, 0.1) is 0 Å². The quantitative estimate of drug-likeness (QED) is 0.470. The summed E-state index contributed by atoms with van der Waals surface area (Å²) in [5, 5.41) is 6.60. The van der Waals surface area contributed by atoms with Crippen LogP contribution in [0.4, 0.5) is 4.39 Å². The molecule has 0 bridgehead atoms. The lowest BCUT2D eigenvalue weighted by atomic mass is 9.84. The molecule has 3 nitrogen and oxygen atoms in total. The molecular formula is C15H23FIN3. The van der Waals surface area contributed by atoms with Crippen molar-refractivity contribution in [3.63, 3.8) is 0 Å². The molecule has 1 aliphatic carbocycles. The molecule has 0 aromatic heterocycles. The van der Waals surface area contributed by atoms with Gasteiger partial charge in [-0.05, 0) is 24.5 Å². The number of guanidine groups is 1. The molecule has 0 radical (unpaired) electrons. The number of benzene rings is 1. The first-order valence-electron chi connectivity index (χ1n) is 6.75. The van der Waals surface area contributed by atoms with E-state index in [2.05, 4.69) is 15.6 Å². The van der Waals surface area contributed by atoms with E-state index in [1.54, 1.807) is 13.1 Å². The Morgan fingerprint density at radius 3 is 2.55 bits per heavy atom. The van der Waals surface area contributed by atoms with Crippen molar-refractivity contribution in [2.45, 2.75) is 38.1 Å². The summed E-state index contributed by atoms with van der Waals surface area (Å²) in [4.78, 5) is 4.19. The largest absolute Gasteiger partial charge is 0.356 e. The van der Waals surface area contributed by atoms with E-state index in [0.29, 0.717) is 12.6 Å². The van der Waals surface area contributed by atoms with Crippen molar-refractivity contribution >= 4 is 29.9 Å². The molecule has 0 amide bonds. The van der Waals surface area contributed by atoms with Crippen molar-refractivity contribution in [1.82, 2.24) is 10.6 Å². The number of halogens is 2. The van der Waals surface area contributed by atoms with Crippen molar-refractivity contribution in [2.75, 3.05) is 13.6 Å². The zero-order valence-corrected chi connectivity index (χ0v) is 14.6. The second-order valence-corrected chi connectivity index (χ2v) is 5.71. The standard InChI is InChI=1S/C15H22FN3.HI/c1-15(2,12-6-4-5-7-13(12)16)10-18-14(17-3)19-11-8-9-11;/h4-7,11H,8-10H2,1-3H3,(H2,17,18,19);1H. The second-order valence-electron chi connectivity index (χ2n) is 5.71. The smallest absolute Gasteiger partial charge is 0.191 e. The highest BCUT2D eigenvalue weighted by molar-refractivity contribution is 14.0. The number of nitrogens with zero attached hydrogens (tertiary/aromatic N) is 1. The Labute approximate surface area is 137 Å². The normalized spacial score (nSPS) is 15.5. The van der Waals surface area contributed by atoms with Gasteiger partial charge in [-0.3, -0.25) is 4.99 Å². The molecule has 0 aliphatic heterocycles. The average molecular weight is 391 g/mol. The molecule has 1 aromatic rings. The van der Waals surface area contributed by atoms with Crippen LogP contribution in [-0.4, -0.2) is 25.6 Å². The van der Waals surface area contributed by atoms with Crippen LogP contribution >= 0.6 is 24.0 Å². The van der Waals surface area contributed by atoms with Gasteiger partial charge >= 0.3 is 0 Å². The van der Waals surface area contributed by atoms with E-state index in [0.717, 1.165) is 11.5 Å². The van der Waals surface area contributed by atoms with E-state index < -0.39 is 0 Å². The van der Waals surface area contributed by atoms with Crippen LogP contribution in [-0.2, 0) is 5.41 Å². The van der Waals surface area contributed by atoms with Crippen LogP contribution in [0.2, 0.25) is 0 Å². The van der Waals surface area contributed by atoms with Gasteiger partial charge in [-0.15, -0.1) is 24.0 Å². The van der Waals surface area contributed by atoms with E-state index in [4.69, 9.17) is 0 Å². The fourth-order valence-electron chi connectivity index (χ4n) is 2.03. The summed E-state index contributed by atoms with van der Waals surface area (Å²) in [6, 6.07) is 7.50. The molecule has 1 aliphatic rings. The average Bonchev–Trinajstić information content (AvgIpc) is 3.18. The van der Waals surface area contributed by atoms with Crippen LogP contribution in [0.15, 0.2) is 29.3 Å². The van der Waals surface area contributed by atoms with Gasteiger partial charge in [-0.2, -0.15) is 0 Å². The summed E-state index contributed by atoms with van der Waals surface area (Å²) in [6.07, 6.45) is 2.41. The maximum atomic E-state index is 13.8. The minimum Gasteiger partial charge on any atom is -0.356 e. The first-order chi connectivity index (χ1) is 9.03. The molecule has 0 atom stereocenters. The molecule has 5 heteroatoms. The van der Waals surface area contributed by atoms with E-state index in [-0.39, 0.29) is 35.2 Å². The zero-order valence-electron chi connectivity index (χ0n) is 12.2. The molecule has 0 saturated heterocycles. The van der Waals surface area contributed by atoms with Gasteiger partial charge < -0.3 is 10.6 Å². The summed E-state index contributed by atoms with van der Waals surface area (Å²) in [7, 11) is 1.76. The molecule has 0 unspecified atom stereocenters. The van der Waals surface area contributed by atoms with Crippen LogP contribution in [0.3, 0.4) is 0 Å². The van der Waals surface area contributed by atoms with Gasteiger partial charge in [0.2, 0.25) is 0 Å². The summed E-state index contributed by atoms with van der Waals surface area (Å²) < 4.78 is 13.8. The lowest BCUT2D eigenvalue weighted by molar-refractivity contribution is 0.473. The van der Waals surface area contributed by atoms with Crippen LogP contribution in [0, 0.1) is 5.82 Å². The highest BCUT2D eigenvalue weighted by atomic mass is 127. The Kier molecular flexibility index (Phi) is 6.23. The predicted octanol–water partition coefficient (Wildman–Crippen LogP) is 3.05. The van der Waals surface area contributed by atoms with Crippen LogP contribution in [0.1, 0.15) is 32.3 Å². The third-order valence-corrected chi connectivity index (χ3v) is 3.44. The first kappa shape index (κ1) is 17.2. The van der Waals surface area contributed by atoms with E-state index >= 15 is 0 Å². The maximum Gasteiger partial charge on any atom is 0.191 e. The molecule has 112 valence electrons. The Hall–Kier alpha value is -0.850. The maximum absolute atomic E-state index is 13.8. The van der Waals surface area contributed by atoms with Crippen molar-refractivity contribution in [3.05, 3.63) is 35.6 Å². The van der Waals surface area contributed by atoms with Crippen molar-refractivity contribution in [3.8, 4) is 0 Å². The first-order valence-corrected chi connectivity index (χ1v) is 6.75. The molecular weight excluding hydrogens is 368 g/mol. The zero-order chi connectivity index (χ0) is 13.9. The Bertz CT molecular complexity index is 470. The third kappa shape index (κ3) is 4.61. The second kappa shape index (κ2) is 7.24. The topological polar surface area (TPSA) is 36.4 Å². The molecule has 2 rings (SSSR count). The number of nitrogens with one attached hydrogen (secondary N) is 2. The van der Waals surface area contributed by atoms with Gasteiger partial charge in [0.1, 0.15) is 5.82 Å². The Balaban J connectivity index is 0.00000200. The Morgan fingerprint density at radius 2 is 2.00 bits per heavy atom. The highest BCUT2D eigenvalue weighted by Crippen LogP contribution is 2.25.